The van der Waals surface area contributed by atoms with Gasteiger partial charge in [0.2, 0.25) is 0 Å². The second-order valence-corrected chi connectivity index (χ2v) is 5.10. The maximum atomic E-state index is 12.3. The highest BCUT2D eigenvalue weighted by molar-refractivity contribution is 6.04. The minimum Gasteiger partial charge on any atom is -0.493 e. The third-order valence-corrected chi connectivity index (χ3v) is 3.86. The van der Waals surface area contributed by atoms with E-state index in [0.29, 0.717) is 23.7 Å². The molecule has 1 aliphatic heterocycles. The van der Waals surface area contributed by atoms with Crippen LogP contribution in [-0.2, 0) is 11.3 Å². The van der Waals surface area contributed by atoms with Crippen molar-refractivity contribution in [3.8, 4) is 11.5 Å². The van der Waals surface area contributed by atoms with Crippen LogP contribution < -0.4 is 9.47 Å². The zero-order valence-corrected chi connectivity index (χ0v) is 12.3. The van der Waals surface area contributed by atoms with E-state index in [1.165, 1.54) is 4.90 Å². The smallest absolute Gasteiger partial charge is 0.305 e. The molecule has 0 radical (unpaired) electrons. The molecule has 2 heterocycles. The number of H-pyrrole nitrogens is 1. The first-order chi connectivity index (χ1) is 10.5. The highest BCUT2D eigenvalue weighted by Crippen LogP contribution is 2.37. The van der Waals surface area contributed by atoms with Crippen molar-refractivity contribution in [2.75, 3.05) is 20.8 Å². The van der Waals surface area contributed by atoms with Crippen LogP contribution in [-0.4, -0.2) is 47.6 Å². The number of aromatic amines is 1. The zero-order chi connectivity index (χ0) is 15.9. The number of rotatable bonds is 5. The van der Waals surface area contributed by atoms with Gasteiger partial charge < -0.3 is 24.5 Å². The van der Waals surface area contributed by atoms with E-state index in [9.17, 15) is 9.59 Å². The minimum atomic E-state index is -0.917. The molecule has 22 heavy (non-hydrogen) atoms. The molecular formula is C15H16N2O5. The summed E-state index contributed by atoms with van der Waals surface area (Å²) < 4.78 is 10.5. The van der Waals surface area contributed by atoms with Gasteiger partial charge in [0.1, 0.15) is 5.69 Å². The number of carboxylic acid groups (broad SMARTS) is 1. The summed E-state index contributed by atoms with van der Waals surface area (Å²) in [5.41, 5.74) is 2.18. The molecule has 1 aromatic carbocycles. The molecule has 1 aromatic heterocycles. The van der Waals surface area contributed by atoms with E-state index in [1.807, 2.05) is 6.07 Å². The molecule has 1 amide bonds. The summed E-state index contributed by atoms with van der Waals surface area (Å²) in [5.74, 6) is 0.0864. The van der Waals surface area contributed by atoms with Crippen molar-refractivity contribution < 1.29 is 24.2 Å². The summed E-state index contributed by atoms with van der Waals surface area (Å²) in [7, 11) is 3.11. The Morgan fingerprint density at radius 2 is 2.00 bits per heavy atom. The fourth-order valence-corrected chi connectivity index (χ4v) is 2.76. The minimum absolute atomic E-state index is 0.0644. The van der Waals surface area contributed by atoms with Gasteiger partial charge in [-0.15, -0.1) is 0 Å². The number of hydrogen-bond acceptors (Lipinski definition) is 4. The van der Waals surface area contributed by atoms with Crippen molar-refractivity contribution in [1.82, 2.24) is 9.88 Å². The molecule has 0 saturated carbocycles. The molecule has 0 saturated heterocycles. The fourth-order valence-electron chi connectivity index (χ4n) is 2.76. The standard InChI is InChI=1S/C15H16N2O5/c1-21-11-5-8-9-7-17(4-3-13(18)19)15(20)14(9)16-10(8)6-12(11)22-2/h5-6,16H,3-4,7H2,1-2H3,(H,18,19). The van der Waals surface area contributed by atoms with Crippen molar-refractivity contribution in [2.45, 2.75) is 13.0 Å². The first kappa shape index (κ1) is 14.2. The molecule has 1 aliphatic rings. The predicted molar refractivity (Wildman–Crippen MR) is 78.4 cm³/mol. The third kappa shape index (κ3) is 2.14. The molecule has 7 heteroatoms. The number of nitrogens with zero attached hydrogens (tertiary/aromatic N) is 1. The van der Waals surface area contributed by atoms with Crippen LogP contribution in [0.2, 0.25) is 0 Å². The summed E-state index contributed by atoms with van der Waals surface area (Å²) in [6.45, 7) is 0.600. The lowest BCUT2D eigenvalue weighted by molar-refractivity contribution is -0.137. The van der Waals surface area contributed by atoms with Crippen molar-refractivity contribution in [3.63, 3.8) is 0 Å². The number of benzene rings is 1. The summed E-state index contributed by atoms with van der Waals surface area (Å²) in [5, 5.41) is 9.64. The Kier molecular flexibility index (Phi) is 3.40. The average Bonchev–Trinajstić information content (AvgIpc) is 3.00. The lowest BCUT2D eigenvalue weighted by atomic mass is 10.1. The number of methoxy groups -OCH3 is 2. The van der Waals surface area contributed by atoms with E-state index < -0.39 is 5.97 Å². The zero-order valence-electron chi connectivity index (χ0n) is 12.3. The third-order valence-electron chi connectivity index (χ3n) is 3.86. The average molecular weight is 304 g/mol. The van der Waals surface area contributed by atoms with Gasteiger partial charge in [0, 0.05) is 30.1 Å². The van der Waals surface area contributed by atoms with E-state index in [2.05, 4.69) is 4.98 Å². The normalized spacial score (nSPS) is 13.5. The number of hydrogen-bond donors (Lipinski definition) is 2. The van der Waals surface area contributed by atoms with Gasteiger partial charge in [-0.25, -0.2) is 0 Å². The van der Waals surface area contributed by atoms with Gasteiger partial charge in [0.25, 0.3) is 5.91 Å². The SMILES string of the molecule is COc1cc2[nH]c3c(c2cc1OC)CN(CCC(=O)O)C3=O. The molecule has 0 atom stereocenters. The Morgan fingerprint density at radius 3 is 2.64 bits per heavy atom. The lowest BCUT2D eigenvalue weighted by Crippen LogP contribution is -2.27. The molecule has 116 valence electrons. The van der Waals surface area contributed by atoms with Crippen LogP contribution in [0.3, 0.4) is 0 Å². The largest absolute Gasteiger partial charge is 0.493 e. The quantitative estimate of drug-likeness (QED) is 0.875. The number of amides is 1. The number of carbonyl (C=O) groups is 2. The maximum absolute atomic E-state index is 12.3. The summed E-state index contributed by atoms with van der Waals surface area (Å²) in [6.07, 6.45) is -0.0644. The maximum Gasteiger partial charge on any atom is 0.305 e. The molecule has 3 rings (SSSR count). The number of aliphatic carboxylic acids is 1. The second kappa shape index (κ2) is 5.25. The van der Waals surface area contributed by atoms with Gasteiger partial charge in [0.05, 0.1) is 26.2 Å². The molecule has 0 bridgehead atoms. The van der Waals surface area contributed by atoms with Gasteiger partial charge in [-0.2, -0.15) is 0 Å². The highest BCUT2D eigenvalue weighted by atomic mass is 16.5. The molecule has 7 nitrogen and oxygen atoms in total. The van der Waals surface area contributed by atoms with Gasteiger partial charge >= 0.3 is 5.97 Å². The Labute approximate surface area is 126 Å². The van der Waals surface area contributed by atoms with Gasteiger partial charge in [-0.1, -0.05) is 0 Å². The summed E-state index contributed by atoms with van der Waals surface area (Å²) in [6, 6.07) is 3.62. The van der Waals surface area contributed by atoms with E-state index in [4.69, 9.17) is 14.6 Å². The molecule has 2 aromatic rings. The number of aromatic nitrogens is 1. The number of fused-ring (bicyclic) bond motifs is 3. The second-order valence-electron chi connectivity index (χ2n) is 5.10. The van der Waals surface area contributed by atoms with Crippen molar-refractivity contribution in [3.05, 3.63) is 23.4 Å². The first-order valence-electron chi connectivity index (χ1n) is 6.82. The summed E-state index contributed by atoms with van der Waals surface area (Å²) in [4.78, 5) is 27.6. The van der Waals surface area contributed by atoms with Crippen molar-refractivity contribution in [1.29, 1.82) is 0 Å². The van der Waals surface area contributed by atoms with Crippen LogP contribution in [0.15, 0.2) is 12.1 Å². The monoisotopic (exact) mass is 304 g/mol. The molecule has 0 fully saturated rings. The Bertz CT molecular complexity index is 765. The van der Waals surface area contributed by atoms with Gasteiger partial charge in [-0.05, 0) is 6.07 Å². The highest BCUT2D eigenvalue weighted by Gasteiger charge is 2.31. The van der Waals surface area contributed by atoms with Crippen LogP contribution in [0.4, 0.5) is 0 Å². The topological polar surface area (TPSA) is 91.9 Å². The van der Waals surface area contributed by atoms with Crippen molar-refractivity contribution in [2.24, 2.45) is 0 Å². The fraction of sp³-hybridized carbons (Fsp3) is 0.333. The van der Waals surface area contributed by atoms with Crippen LogP contribution >= 0.6 is 0 Å². The van der Waals surface area contributed by atoms with E-state index in [-0.39, 0.29) is 18.9 Å². The molecule has 0 unspecified atom stereocenters. The van der Waals surface area contributed by atoms with E-state index in [0.717, 1.165) is 16.5 Å². The van der Waals surface area contributed by atoms with Gasteiger partial charge in [-0.3, -0.25) is 9.59 Å². The van der Waals surface area contributed by atoms with Crippen molar-refractivity contribution >= 4 is 22.8 Å². The Morgan fingerprint density at radius 1 is 1.32 bits per heavy atom. The van der Waals surface area contributed by atoms with Gasteiger partial charge in [0.15, 0.2) is 11.5 Å². The van der Waals surface area contributed by atoms with Crippen LogP contribution in [0, 0.1) is 0 Å². The Balaban J connectivity index is 1.99. The number of carboxylic acids is 1. The summed E-state index contributed by atoms with van der Waals surface area (Å²) >= 11 is 0. The molecule has 0 spiro atoms. The van der Waals surface area contributed by atoms with Crippen LogP contribution in [0.25, 0.3) is 10.9 Å². The number of ether oxygens (including phenoxy) is 2. The van der Waals surface area contributed by atoms with Crippen LogP contribution in [0.5, 0.6) is 11.5 Å². The van der Waals surface area contributed by atoms with E-state index >= 15 is 0 Å². The number of nitrogens with one attached hydrogen (secondary N) is 1. The lowest BCUT2D eigenvalue weighted by Gasteiger charge is -2.14. The van der Waals surface area contributed by atoms with E-state index in [1.54, 1.807) is 20.3 Å². The molecule has 0 aliphatic carbocycles. The molecular weight excluding hydrogens is 288 g/mol. The number of carbonyl (C=O) groups excluding carboxylic acids is 1. The predicted octanol–water partition coefficient (Wildman–Crippen LogP) is 1.62. The van der Waals surface area contributed by atoms with Crippen LogP contribution in [0.1, 0.15) is 22.5 Å². The first-order valence-corrected chi connectivity index (χ1v) is 6.82. The molecule has 2 N–H and O–H groups in total. The Hall–Kier alpha value is -2.70.